The van der Waals surface area contributed by atoms with Crippen molar-refractivity contribution < 1.29 is 9.21 Å². The molecule has 3 nitrogen and oxygen atoms in total. The molecular weight excluding hydrogens is 298 g/mol. The third-order valence-electron chi connectivity index (χ3n) is 4.39. The number of para-hydroxylation sites is 1. The van der Waals surface area contributed by atoms with Crippen LogP contribution in [0.3, 0.4) is 0 Å². The zero-order valence-corrected chi connectivity index (χ0v) is 13.3. The van der Waals surface area contributed by atoms with E-state index >= 15 is 0 Å². The van der Waals surface area contributed by atoms with Crippen LogP contribution in [0.25, 0.3) is 21.7 Å². The van der Waals surface area contributed by atoms with Crippen molar-refractivity contribution in [3.63, 3.8) is 0 Å². The van der Waals surface area contributed by atoms with Gasteiger partial charge < -0.3 is 9.73 Å². The van der Waals surface area contributed by atoms with Crippen LogP contribution in [0.15, 0.2) is 77.4 Å². The lowest BCUT2D eigenvalue weighted by Gasteiger charge is -2.12. The summed E-state index contributed by atoms with van der Waals surface area (Å²) in [5.74, 6) is -0.336. The lowest BCUT2D eigenvalue weighted by atomic mass is 9.99. The molecule has 24 heavy (non-hydrogen) atoms. The Hall–Kier alpha value is -3.07. The van der Waals surface area contributed by atoms with Gasteiger partial charge >= 0.3 is 0 Å². The molecule has 4 rings (SSSR count). The Bertz CT molecular complexity index is 1030. The summed E-state index contributed by atoms with van der Waals surface area (Å²) in [6.07, 6.45) is 1.68. The Morgan fingerprint density at radius 2 is 1.71 bits per heavy atom. The second-order valence-corrected chi connectivity index (χ2v) is 5.96. The van der Waals surface area contributed by atoms with E-state index < -0.39 is 0 Å². The van der Waals surface area contributed by atoms with Gasteiger partial charge in [0.2, 0.25) is 5.91 Å². The summed E-state index contributed by atoms with van der Waals surface area (Å²) in [4.78, 5) is 12.6. The molecule has 0 aliphatic carbocycles. The molecule has 1 N–H and O–H groups in total. The van der Waals surface area contributed by atoms with Crippen molar-refractivity contribution in [2.75, 3.05) is 5.32 Å². The van der Waals surface area contributed by atoms with Crippen LogP contribution in [0.4, 0.5) is 5.69 Å². The fourth-order valence-corrected chi connectivity index (χ4v) is 2.99. The van der Waals surface area contributed by atoms with E-state index in [4.69, 9.17) is 4.42 Å². The molecule has 4 aromatic rings. The first kappa shape index (κ1) is 14.5. The van der Waals surface area contributed by atoms with Gasteiger partial charge in [0.15, 0.2) is 0 Å². The number of hydrogen-bond donors (Lipinski definition) is 1. The van der Waals surface area contributed by atoms with E-state index in [1.807, 2.05) is 67.6 Å². The number of amides is 1. The van der Waals surface area contributed by atoms with E-state index in [9.17, 15) is 4.79 Å². The topological polar surface area (TPSA) is 42.2 Å². The van der Waals surface area contributed by atoms with Crippen LogP contribution in [-0.2, 0) is 4.79 Å². The van der Waals surface area contributed by atoms with Crippen molar-refractivity contribution in [3.8, 4) is 0 Å². The summed E-state index contributed by atoms with van der Waals surface area (Å²) in [6, 6.07) is 21.8. The number of hydrogen-bond acceptors (Lipinski definition) is 2. The van der Waals surface area contributed by atoms with Gasteiger partial charge in [0.25, 0.3) is 0 Å². The minimum absolute atomic E-state index is 0.0446. The first-order valence-electron chi connectivity index (χ1n) is 7.98. The summed E-state index contributed by atoms with van der Waals surface area (Å²) >= 11 is 0. The van der Waals surface area contributed by atoms with Crippen molar-refractivity contribution in [1.82, 2.24) is 0 Å². The molecule has 0 aliphatic heterocycles. The molecule has 1 amide bonds. The van der Waals surface area contributed by atoms with Gasteiger partial charge in [-0.15, -0.1) is 0 Å². The van der Waals surface area contributed by atoms with Crippen LogP contribution in [0.5, 0.6) is 0 Å². The molecule has 0 radical (unpaired) electrons. The molecule has 0 saturated heterocycles. The van der Waals surface area contributed by atoms with Gasteiger partial charge in [-0.25, -0.2) is 0 Å². The van der Waals surface area contributed by atoms with Crippen molar-refractivity contribution in [2.24, 2.45) is 0 Å². The highest BCUT2D eigenvalue weighted by Crippen LogP contribution is 2.28. The molecule has 0 spiro atoms. The quantitative estimate of drug-likeness (QED) is 0.555. The first-order chi connectivity index (χ1) is 11.7. The monoisotopic (exact) mass is 315 g/mol. The number of furan rings is 1. The SMILES string of the molecule is CC(C(=O)Nc1ccc2ccccc2c1)c1coc2ccccc12. The Labute approximate surface area is 139 Å². The van der Waals surface area contributed by atoms with Crippen molar-refractivity contribution >= 4 is 33.3 Å². The fraction of sp³-hybridized carbons (Fsp3) is 0.0952. The van der Waals surface area contributed by atoms with E-state index in [0.717, 1.165) is 33.0 Å². The highest BCUT2D eigenvalue weighted by Gasteiger charge is 2.20. The summed E-state index contributed by atoms with van der Waals surface area (Å²) in [7, 11) is 0. The predicted molar refractivity (Wildman–Crippen MR) is 97.2 cm³/mol. The zero-order valence-electron chi connectivity index (χ0n) is 13.3. The second-order valence-electron chi connectivity index (χ2n) is 5.96. The standard InChI is InChI=1S/C21H17NO2/c1-14(19-13-24-20-9-5-4-8-18(19)20)21(23)22-17-11-10-15-6-2-3-7-16(15)12-17/h2-14H,1H3,(H,22,23). The van der Waals surface area contributed by atoms with Gasteiger partial charge in [-0.1, -0.05) is 48.5 Å². The van der Waals surface area contributed by atoms with E-state index in [1.54, 1.807) is 6.26 Å². The Morgan fingerprint density at radius 3 is 2.58 bits per heavy atom. The van der Waals surface area contributed by atoms with Gasteiger partial charge in [-0.05, 0) is 35.9 Å². The van der Waals surface area contributed by atoms with Crippen LogP contribution < -0.4 is 5.32 Å². The molecule has 0 aliphatic rings. The number of fused-ring (bicyclic) bond motifs is 2. The largest absolute Gasteiger partial charge is 0.464 e. The number of benzene rings is 3. The van der Waals surface area contributed by atoms with Crippen LogP contribution >= 0.6 is 0 Å². The summed E-state index contributed by atoms with van der Waals surface area (Å²) in [5, 5.41) is 6.26. The van der Waals surface area contributed by atoms with Crippen molar-refractivity contribution in [1.29, 1.82) is 0 Å². The number of anilines is 1. The smallest absolute Gasteiger partial charge is 0.231 e. The Balaban J connectivity index is 1.60. The molecule has 0 fully saturated rings. The molecule has 0 saturated carbocycles. The zero-order chi connectivity index (χ0) is 16.5. The molecule has 0 bridgehead atoms. The third kappa shape index (κ3) is 2.54. The van der Waals surface area contributed by atoms with E-state index in [1.165, 1.54) is 0 Å². The van der Waals surface area contributed by atoms with E-state index in [0.29, 0.717) is 0 Å². The van der Waals surface area contributed by atoms with Crippen LogP contribution in [0, 0.1) is 0 Å². The van der Waals surface area contributed by atoms with Crippen molar-refractivity contribution in [2.45, 2.75) is 12.8 Å². The molecule has 118 valence electrons. The Kier molecular flexibility index (Phi) is 3.54. The first-order valence-corrected chi connectivity index (χ1v) is 7.98. The van der Waals surface area contributed by atoms with Gasteiger partial charge in [0.05, 0.1) is 12.2 Å². The molecule has 3 heteroatoms. The lowest BCUT2D eigenvalue weighted by Crippen LogP contribution is -2.18. The minimum atomic E-state index is -0.292. The highest BCUT2D eigenvalue weighted by atomic mass is 16.3. The molecule has 1 atom stereocenters. The Morgan fingerprint density at radius 1 is 0.958 bits per heavy atom. The van der Waals surface area contributed by atoms with E-state index in [2.05, 4.69) is 11.4 Å². The number of nitrogens with one attached hydrogen (secondary N) is 1. The fourth-order valence-electron chi connectivity index (χ4n) is 2.99. The lowest BCUT2D eigenvalue weighted by molar-refractivity contribution is -0.117. The molecule has 3 aromatic carbocycles. The third-order valence-corrected chi connectivity index (χ3v) is 4.39. The number of rotatable bonds is 3. The van der Waals surface area contributed by atoms with Gasteiger partial charge in [0.1, 0.15) is 5.58 Å². The minimum Gasteiger partial charge on any atom is -0.464 e. The molecule has 1 unspecified atom stereocenters. The molecule has 1 heterocycles. The summed E-state index contributed by atoms with van der Waals surface area (Å²) in [6.45, 7) is 1.90. The maximum atomic E-state index is 12.6. The number of carbonyl (C=O) groups is 1. The second kappa shape index (κ2) is 5.85. The van der Waals surface area contributed by atoms with Crippen LogP contribution in [-0.4, -0.2) is 5.91 Å². The van der Waals surface area contributed by atoms with Crippen LogP contribution in [0.1, 0.15) is 18.4 Å². The predicted octanol–water partition coefficient (Wildman–Crippen LogP) is 5.33. The highest BCUT2D eigenvalue weighted by molar-refractivity contribution is 6.00. The average molecular weight is 315 g/mol. The van der Waals surface area contributed by atoms with Gasteiger partial charge in [-0.3, -0.25) is 4.79 Å². The van der Waals surface area contributed by atoms with Gasteiger partial charge in [-0.2, -0.15) is 0 Å². The van der Waals surface area contributed by atoms with Gasteiger partial charge in [0, 0.05) is 16.6 Å². The van der Waals surface area contributed by atoms with Crippen LogP contribution in [0.2, 0.25) is 0 Å². The maximum absolute atomic E-state index is 12.6. The number of carbonyl (C=O) groups excluding carboxylic acids is 1. The normalized spacial score (nSPS) is 12.4. The molecular formula is C21H17NO2. The summed E-state index contributed by atoms with van der Waals surface area (Å²) in [5.41, 5.74) is 2.51. The summed E-state index contributed by atoms with van der Waals surface area (Å²) < 4.78 is 5.55. The van der Waals surface area contributed by atoms with Crippen molar-refractivity contribution in [3.05, 3.63) is 78.6 Å². The maximum Gasteiger partial charge on any atom is 0.231 e. The molecule has 1 aromatic heterocycles. The average Bonchev–Trinajstić information content (AvgIpc) is 3.05. The van der Waals surface area contributed by atoms with E-state index in [-0.39, 0.29) is 11.8 Å².